The highest BCUT2D eigenvalue weighted by Crippen LogP contribution is 2.36. The SMILES string of the molecule is Cc1ccccc1-c1nc2sc(=C3C(=O)N(Cc4ccccc4)c4ccccc43)c(=O)n2n1. The number of nitrogens with zero attached hydrogens (tertiary/aromatic N) is 4. The molecule has 7 heteroatoms. The fourth-order valence-corrected chi connectivity index (χ4v) is 5.24. The van der Waals surface area contributed by atoms with Crippen molar-refractivity contribution in [3.05, 3.63) is 110 Å². The van der Waals surface area contributed by atoms with E-state index in [4.69, 9.17) is 0 Å². The zero-order valence-corrected chi connectivity index (χ0v) is 18.5. The Morgan fingerprint density at radius 1 is 0.848 bits per heavy atom. The second-order valence-corrected chi connectivity index (χ2v) is 8.93. The molecular formula is C26H18N4O2S. The van der Waals surface area contributed by atoms with Crippen molar-refractivity contribution in [1.82, 2.24) is 14.6 Å². The Kier molecular flexibility index (Phi) is 4.45. The first-order valence-electron chi connectivity index (χ1n) is 10.6. The summed E-state index contributed by atoms with van der Waals surface area (Å²) in [6, 6.07) is 25.2. The molecular weight excluding hydrogens is 432 g/mol. The van der Waals surface area contributed by atoms with Gasteiger partial charge in [-0.05, 0) is 24.1 Å². The van der Waals surface area contributed by atoms with E-state index in [0.717, 1.165) is 27.9 Å². The van der Waals surface area contributed by atoms with E-state index >= 15 is 0 Å². The van der Waals surface area contributed by atoms with Crippen molar-refractivity contribution in [3.8, 4) is 11.4 Å². The van der Waals surface area contributed by atoms with Crippen LogP contribution in [-0.2, 0) is 11.3 Å². The Morgan fingerprint density at radius 3 is 2.30 bits per heavy atom. The van der Waals surface area contributed by atoms with Crippen molar-refractivity contribution in [1.29, 1.82) is 0 Å². The highest BCUT2D eigenvalue weighted by Gasteiger charge is 2.34. The summed E-state index contributed by atoms with van der Waals surface area (Å²) in [6.07, 6.45) is 0. The molecule has 2 aromatic heterocycles. The fourth-order valence-electron chi connectivity index (χ4n) is 4.25. The summed E-state index contributed by atoms with van der Waals surface area (Å²) in [4.78, 5) is 33.7. The van der Waals surface area contributed by atoms with Gasteiger partial charge in [0, 0.05) is 11.1 Å². The van der Waals surface area contributed by atoms with Crippen LogP contribution in [0.2, 0.25) is 0 Å². The highest BCUT2D eigenvalue weighted by molar-refractivity contribution is 7.15. The van der Waals surface area contributed by atoms with Crippen LogP contribution >= 0.6 is 11.3 Å². The van der Waals surface area contributed by atoms with E-state index in [2.05, 4.69) is 10.1 Å². The molecule has 6 rings (SSSR count). The van der Waals surface area contributed by atoms with Crippen LogP contribution in [0.4, 0.5) is 5.69 Å². The minimum atomic E-state index is -0.318. The predicted octanol–water partition coefficient (Wildman–Crippen LogP) is 3.59. The number of aryl methyl sites for hydroxylation is 1. The number of anilines is 1. The number of thiazole rings is 1. The molecule has 0 saturated heterocycles. The van der Waals surface area contributed by atoms with Gasteiger partial charge in [-0.1, -0.05) is 84.1 Å². The van der Waals surface area contributed by atoms with Gasteiger partial charge in [-0.15, -0.1) is 5.10 Å². The molecule has 0 saturated carbocycles. The van der Waals surface area contributed by atoms with Gasteiger partial charge < -0.3 is 4.90 Å². The lowest BCUT2D eigenvalue weighted by atomic mass is 10.1. The normalized spacial score (nSPS) is 14.8. The van der Waals surface area contributed by atoms with E-state index < -0.39 is 0 Å². The molecule has 6 nitrogen and oxygen atoms in total. The zero-order chi connectivity index (χ0) is 22.5. The Labute approximate surface area is 193 Å². The predicted molar refractivity (Wildman–Crippen MR) is 129 cm³/mol. The van der Waals surface area contributed by atoms with Crippen molar-refractivity contribution < 1.29 is 4.79 Å². The zero-order valence-electron chi connectivity index (χ0n) is 17.7. The van der Waals surface area contributed by atoms with E-state index in [0.29, 0.717) is 27.4 Å². The molecule has 0 bridgehead atoms. The Hall–Kier alpha value is -4.10. The third-order valence-electron chi connectivity index (χ3n) is 5.88. The second kappa shape index (κ2) is 7.50. The molecule has 0 radical (unpaired) electrons. The fraction of sp³-hybridized carbons (Fsp3) is 0.0769. The van der Waals surface area contributed by atoms with Gasteiger partial charge in [0.2, 0.25) is 4.96 Å². The summed E-state index contributed by atoms with van der Waals surface area (Å²) in [5.41, 5.74) is 4.62. The average Bonchev–Trinajstić information content (AvgIpc) is 3.46. The molecule has 5 aromatic rings. The average molecular weight is 451 g/mol. The molecule has 0 atom stereocenters. The number of fused-ring (bicyclic) bond motifs is 2. The largest absolute Gasteiger partial charge is 0.303 e. The molecule has 0 aliphatic carbocycles. The molecule has 0 N–H and O–H groups in total. The standard InChI is InChI=1S/C26H18N4O2S/c1-16-9-5-6-12-18(16)23-27-26-30(28-23)25(32)22(33-26)21-19-13-7-8-14-20(19)29(24(21)31)15-17-10-3-2-4-11-17/h2-14H,15H2,1H3. The summed E-state index contributed by atoms with van der Waals surface area (Å²) in [5.74, 6) is 0.331. The molecule has 0 unspecified atom stereocenters. The van der Waals surface area contributed by atoms with Crippen LogP contribution in [0.25, 0.3) is 21.9 Å². The molecule has 0 fully saturated rings. The number of benzene rings is 3. The second-order valence-electron chi connectivity index (χ2n) is 7.95. The van der Waals surface area contributed by atoms with Crippen LogP contribution in [0, 0.1) is 6.92 Å². The maximum absolute atomic E-state index is 13.6. The van der Waals surface area contributed by atoms with Gasteiger partial charge in [-0.2, -0.15) is 9.50 Å². The minimum absolute atomic E-state index is 0.180. The Bertz CT molecular complexity index is 1650. The van der Waals surface area contributed by atoms with E-state index in [1.165, 1.54) is 15.9 Å². The van der Waals surface area contributed by atoms with E-state index in [1.54, 1.807) is 4.90 Å². The topological polar surface area (TPSA) is 67.6 Å². The number of hydrogen-bond donors (Lipinski definition) is 0. The molecule has 1 aliphatic rings. The van der Waals surface area contributed by atoms with Gasteiger partial charge in [0.15, 0.2) is 5.82 Å². The van der Waals surface area contributed by atoms with Crippen molar-refractivity contribution in [2.45, 2.75) is 13.5 Å². The number of para-hydroxylation sites is 1. The maximum atomic E-state index is 13.6. The van der Waals surface area contributed by atoms with Gasteiger partial charge in [-0.3, -0.25) is 9.59 Å². The first-order valence-corrected chi connectivity index (χ1v) is 11.4. The summed E-state index contributed by atoms with van der Waals surface area (Å²) in [5, 5.41) is 4.47. The highest BCUT2D eigenvalue weighted by atomic mass is 32.1. The lowest BCUT2D eigenvalue weighted by Crippen LogP contribution is -2.32. The van der Waals surface area contributed by atoms with Crippen LogP contribution in [-0.4, -0.2) is 20.5 Å². The lowest BCUT2D eigenvalue weighted by Gasteiger charge is -2.17. The summed E-state index contributed by atoms with van der Waals surface area (Å²) >= 11 is 1.21. The van der Waals surface area contributed by atoms with Crippen LogP contribution in [0.5, 0.6) is 0 Å². The maximum Gasteiger partial charge on any atom is 0.291 e. The molecule has 33 heavy (non-hydrogen) atoms. The number of rotatable bonds is 3. The quantitative estimate of drug-likeness (QED) is 0.421. The van der Waals surface area contributed by atoms with Crippen molar-refractivity contribution in [3.63, 3.8) is 0 Å². The van der Waals surface area contributed by atoms with Gasteiger partial charge in [-0.25, -0.2) is 0 Å². The lowest BCUT2D eigenvalue weighted by molar-refractivity contribution is -0.113. The number of carbonyl (C=O) groups excluding carboxylic acids is 1. The van der Waals surface area contributed by atoms with Crippen molar-refractivity contribution in [2.75, 3.05) is 4.90 Å². The number of carbonyl (C=O) groups is 1. The monoisotopic (exact) mass is 450 g/mol. The molecule has 1 aliphatic heterocycles. The third kappa shape index (κ3) is 3.08. The summed E-state index contributed by atoms with van der Waals surface area (Å²) in [6.45, 7) is 2.42. The first kappa shape index (κ1) is 19.6. The molecule has 3 aromatic carbocycles. The van der Waals surface area contributed by atoms with Crippen molar-refractivity contribution >= 4 is 33.5 Å². The van der Waals surface area contributed by atoms with E-state index in [9.17, 15) is 9.59 Å². The molecule has 3 heterocycles. The first-order chi connectivity index (χ1) is 16.1. The molecule has 1 amide bonds. The van der Waals surface area contributed by atoms with Crippen LogP contribution in [0.15, 0.2) is 83.7 Å². The summed E-state index contributed by atoms with van der Waals surface area (Å²) in [7, 11) is 0. The number of hydrogen-bond acceptors (Lipinski definition) is 5. The van der Waals surface area contributed by atoms with Gasteiger partial charge >= 0.3 is 0 Å². The molecule has 0 spiro atoms. The third-order valence-corrected chi connectivity index (χ3v) is 6.91. The Morgan fingerprint density at radius 2 is 1.55 bits per heavy atom. The van der Waals surface area contributed by atoms with Gasteiger partial charge in [0.25, 0.3) is 11.5 Å². The van der Waals surface area contributed by atoms with Crippen molar-refractivity contribution in [2.24, 2.45) is 0 Å². The van der Waals surface area contributed by atoms with Crippen LogP contribution < -0.4 is 15.0 Å². The number of amides is 1. The molecule has 160 valence electrons. The van der Waals surface area contributed by atoms with E-state index in [-0.39, 0.29) is 11.5 Å². The summed E-state index contributed by atoms with van der Waals surface area (Å²) < 4.78 is 1.68. The van der Waals surface area contributed by atoms with Crippen LogP contribution in [0.3, 0.4) is 0 Å². The van der Waals surface area contributed by atoms with Gasteiger partial charge in [0.05, 0.1) is 17.8 Å². The Balaban J connectivity index is 1.52. The van der Waals surface area contributed by atoms with Crippen LogP contribution in [0.1, 0.15) is 16.7 Å². The van der Waals surface area contributed by atoms with Gasteiger partial charge in [0.1, 0.15) is 4.53 Å². The smallest absolute Gasteiger partial charge is 0.291 e. The van der Waals surface area contributed by atoms with E-state index in [1.807, 2.05) is 85.8 Å². The minimum Gasteiger partial charge on any atom is -0.303 e. The number of aromatic nitrogens is 3.